The molecule has 116 valence electrons. The van der Waals surface area contributed by atoms with E-state index in [1.807, 2.05) is 0 Å². The average Bonchev–Trinajstić information content (AvgIpc) is 2.84. The smallest absolute Gasteiger partial charge is 0.270 e. The van der Waals surface area contributed by atoms with Crippen LogP contribution in [0.2, 0.25) is 5.02 Å². The van der Waals surface area contributed by atoms with Crippen molar-refractivity contribution in [2.75, 3.05) is 5.32 Å². The minimum absolute atomic E-state index is 0.0126. The third-order valence-electron chi connectivity index (χ3n) is 2.68. The number of nitrogens with one attached hydrogen (secondary N) is 1. The van der Waals surface area contributed by atoms with Gasteiger partial charge in [0.1, 0.15) is 5.01 Å². The number of rotatable bonds is 5. The number of hydrogen-bond donors (Lipinski definition) is 1. The zero-order valence-corrected chi connectivity index (χ0v) is 13.4. The quantitative estimate of drug-likeness (QED) is 0.663. The number of halogens is 1. The normalized spacial score (nSPS) is 10.7. The number of nitro groups is 1. The van der Waals surface area contributed by atoms with Gasteiger partial charge in [-0.05, 0) is 12.0 Å². The van der Waals surface area contributed by atoms with Crippen molar-refractivity contribution < 1.29 is 9.72 Å². The number of amides is 1. The molecule has 2 aromatic rings. The molecule has 1 N–H and O–H groups in total. The van der Waals surface area contributed by atoms with Gasteiger partial charge in [0.05, 0.1) is 15.5 Å². The predicted octanol–water partition coefficient (Wildman–Crippen LogP) is 3.55. The van der Waals surface area contributed by atoms with Crippen LogP contribution < -0.4 is 5.32 Å². The van der Waals surface area contributed by atoms with E-state index in [9.17, 15) is 14.9 Å². The summed E-state index contributed by atoms with van der Waals surface area (Å²) in [4.78, 5) is 22.2. The number of carbonyl (C=O) groups is 1. The summed E-state index contributed by atoms with van der Waals surface area (Å²) in [5.74, 6) is -0.0345. The Balaban J connectivity index is 2.12. The molecule has 0 aliphatic rings. The van der Waals surface area contributed by atoms with Gasteiger partial charge < -0.3 is 0 Å². The Bertz CT molecular complexity index is 717. The highest BCUT2D eigenvalue weighted by molar-refractivity contribution is 7.15. The van der Waals surface area contributed by atoms with E-state index >= 15 is 0 Å². The van der Waals surface area contributed by atoms with Crippen LogP contribution in [0.25, 0.3) is 0 Å². The third-order valence-corrected chi connectivity index (χ3v) is 3.85. The minimum Gasteiger partial charge on any atom is -0.296 e. The van der Waals surface area contributed by atoms with Crippen LogP contribution in [0, 0.1) is 16.0 Å². The molecule has 1 aromatic heterocycles. The van der Waals surface area contributed by atoms with Gasteiger partial charge in [-0.3, -0.25) is 20.2 Å². The van der Waals surface area contributed by atoms with Crippen molar-refractivity contribution in [3.8, 4) is 0 Å². The Labute approximate surface area is 135 Å². The molecular weight excluding hydrogens is 328 g/mol. The maximum absolute atomic E-state index is 12.1. The largest absolute Gasteiger partial charge is 0.296 e. The molecule has 0 unspecified atom stereocenters. The fourth-order valence-electron chi connectivity index (χ4n) is 1.70. The molecule has 0 radical (unpaired) electrons. The molecule has 1 amide bonds. The molecule has 0 saturated carbocycles. The van der Waals surface area contributed by atoms with Crippen molar-refractivity contribution in [3.05, 3.63) is 43.9 Å². The first-order valence-electron chi connectivity index (χ1n) is 6.44. The van der Waals surface area contributed by atoms with E-state index < -0.39 is 10.8 Å². The molecule has 0 fully saturated rings. The lowest BCUT2D eigenvalue weighted by Crippen LogP contribution is -2.12. The Morgan fingerprint density at radius 1 is 1.45 bits per heavy atom. The maximum Gasteiger partial charge on any atom is 0.270 e. The molecule has 1 aromatic carbocycles. The average molecular weight is 341 g/mol. The minimum atomic E-state index is -0.573. The van der Waals surface area contributed by atoms with Gasteiger partial charge in [0, 0.05) is 18.6 Å². The summed E-state index contributed by atoms with van der Waals surface area (Å²) in [6.45, 7) is 4.13. The molecule has 2 rings (SSSR count). The zero-order valence-electron chi connectivity index (χ0n) is 11.9. The maximum atomic E-state index is 12.1. The van der Waals surface area contributed by atoms with Crippen LogP contribution in [-0.4, -0.2) is 21.0 Å². The van der Waals surface area contributed by atoms with Crippen molar-refractivity contribution in [1.82, 2.24) is 10.2 Å². The van der Waals surface area contributed by atoms with Crippen LogP contribution in [0.4, 0.5) is 10.8 Å². The Hall–Kier alpha value is -2.06. The summed E-state index contributed by atoms with van der Waals surface area (Å²) in [5.41, 5.74) is -0.0236. The fourth-order valence-corrected chi connectivity index (χ4v) is 2.91. The number of aromatic nitrogens is 2. The second-order valence-corrected chi connectivity index (χ2v) is 6.44. The number of benzene rings is 1. The van der Waals surface area contributed by atoms with Gasteiger partial charge in [0.25, 0.3) is 11.6 Å². The lowest BCUT2D eigenvalue weighted by atomic mass is 10.1. The van der Waals surface area contributed by atoms with Crippen LogP contribution in [0.5, 0.6) is 0 Å². The van der Waals surface area contributed by atoms with E-state index in [0.29, 0.717) is 11.0 Å². The molecular formula is C13H13ClN4O3S. The number of nitrogens with zero attached hydrogens (tertiary/aromatic N) is 3. The molecule has 0 bridgehead atoms. The number of carbonyl (C=O) groups excluding carboxylic acids is 1. The summed E-state index contributed by atoms with van der Waals surface area (Å²) < 4.78 is 0. The molecule has 0 aliphatic carbocycles. The molecule has 7 nitrogen and oxygen atoms in total. The molecule has 0 saturated heterocycles. The highest BCUT2D eigenvalue weighted by Gasteiger charge is 2.16. The monoisotopic (exact) mass is 340 g/mol. The lowest BCUT2D eigenvalue weighted by Gasteiger charge is -2.03. The molecule has 22 heavy (non-hydrogen) atoms. The van der Waals surface area contributed by atoms with Gasteiger partial charge in [-0.25, -0.2) is 0 Å². The second-order valence-electron chi connectivity index (χ2n) is 4.97. The summed E-state index contributed by atoms with van der Waals surface area (Å²) >= 11 is 7.20. The number of anilines is 1. The molecule has 9 heteroatoms. The van der Waals surface area contributed by atoms with Gasteiger partial charge >= 0.3 is 0 Å². The molecule has 1 heterocycles. The van der Waals surface area contributed by atoms with E-state index in [0.717, 1.165) is 17.5 Å². The van der Waals surface area contributed by atoms with Crippen LogP contribution in [0.3, 0.4) is 0 Å². The van der Waals surface area contributed by atoms with Crippen molar-refractivity contribution in [2.24, 2.45) is 5.92 Å². The van der Waals surface area contributed by atoms with E-state index in [2.05, 4.69) is 29.4 Å². The second kappa shape index (κ2) is 6.80. The Morgan fingerprint density at radius 2 is 2.18 bits per heavy atom. The van der Waals surface area contributed by atoms with E-state index in [1.165, 1.54) is 23.5 Å². The van der Waals surface area contributed by atoms with Crippen molar-refractivity contribution in [2.45, 2.75) is 20.3 Å². The van der Waals surface area contributed by atoms with Crippen LogP contribution in [-0.2, 0) is 6.42 Å². The summed E-state index contributed by atoms with van der Waals surface area (Å²) in [6.07, 6.45) is 0.784. The summed E-state index contributed by atoms with van der Waals surface area (Å²) in [7, 11) is 0. The van der Waals surface area contributed by atoms with Crippen molar-refractivity contribution in [1.29, 1.82) is 0 Å². The van der Waals surface area contributed by atoms with Gasteiger partial charge in [-0.15, -0.1) is 10.2 Å². The van der Waals surface area contributed by atoms with Gasteiger partial charge in [0.15, 0.2) is 0 Å². The third kappa shape index (κ3) is 3.99. The van der Waals surface area contributed by atoms with Gasteiger partial charge in [0.2, 0.25) is 5.13 Å². The number of nitro benzene ring substituents is 1. The Kier molecular flexibility index (Phi) is 5.04. The van der Waals surface area contributed by atoms with Crippen LogP contribution in [0.15, 0.2) is 18.2 Å². The number of non-ortho nitro benzene ring substituents is 1. The summed E-state index contributed by atoms with van der Waals surface area (Å²) in [5, 5.41) is 22.3. The topological polar surface area (TPSA) is 98.0 Å². The zero-order chi connectivity index (χ0) is 16.3. The van der Waals surface area contributed by atoms with E-state index in [-0.39, 0.29) is 16.3 Å². The first kappa shape index (κ1) is 16.3. The van der Waals surface area contributed by atoms with Gasteiger partial charge in [-0.2, -0.15) is 0 Å². The Morgan fingerprint density at radius 3 is 2.77 bits per heavy atom. The lowest BCUT2D eigenvalue weighted by molar-refractivity contribution is -0.384. The van der Waals surface area contributed by atoms with Gasteiger partial charge in [-0.1, -0.05) is 36.8 Å². The molecule has 0 aliphatic heterocycles. The van der Waals surface area contributed by atoms with E-state index in [4.69, 9.17) is 11.6 Å². The van der Waals surface area contributed by atoms with Crippen molar-refractivity contribution >= 4 is 39.7 Å². The SMILES string of the molecule is CC(C)Cc1nnc(NC(=O)c2ccc([N+](=O)[O-])cc2Cl)s1. The first-order valence-corrected chi connectivity index (χ1v) is 7.64. The molecule has 0 spiro atoms. The standard InChI is InChI=1S/C13H13ClN4O3S/c1-7(2)5-11-16-17-13(22-11)15-12(19)9-4-3-8(18(20)21)6-10(9)14/h3-4,6-7H,5H2,1-2H3,(H,15,17,19). The van der Waals surface area contributed by atoms with Crippen molar-refractivity contribution in [3.63, 3.8) is 0 Å². The number of hydrogen-bond acceptors (Lipinski definition) is 6. The fraction of sp³-hybridized carbons (Fsp3) is 0.308. The first-order chi connectivity index (χ1) is 10.4. The highest BCUT2D eigenvalue weighted by Crippen LogP contribution is 2.24. The predicted molar refractivity (Wildman–Crippen MR) is 84.5 cm³/mol. The van der Waals surface area contributed by atoms with Crippen LogP contribution in [0.1, 0.15) is 29.2 Å². The van der Waals surface area contributed by atoms with Crippen LogP contribution >= 0.6 is 22.9 Å². The highest BCUT2D eigenvalue weighted by atomic mass is 35.5. The molecule has 0 atom stereocenters. The summed E-state index contributed by atoms with van der Waals surface area (Å²) in [6, 6.07) is 3.68. The van der Waals surface area contributed by atoms with E-state index in [1.54, 1.807) is 0 Å².